The second kappa shape index (κ2) is 4.24. The third-order valence-corrected chi connectivity index (χ3v) is 3.09. The molecule has 0 spiro atoms. The molecule has 3 aromatic rings. The van der Waals surface area contributed by atoms with Gasteiger partial charge in [-0.3, -0.25) is 0 Å². The fourth-order valence-corrected chi connectivity index (χ4v) is 2.10. The minimum Gasteiger partial charge on any atom is -0.478 e. The van der Waals surface area contributed by atoms with Crippen LogP contribution in [-0.4, -0.2) is 26.0 Å². The predicted molar refractivity (Wildman–Crippen MR) is 67.0 cm³/mol. The van der Waals surface area contributed by atoms with Crippen LogP contribution in [0.4, 0.5) is 0 Å². The molecule has 0 fully saturated rings. The number of hydrogen-bond donors (Lipinski definition) is 1. The number of nitrogens with zero attached hydrogens (tertiary/aromatic N) is 3. The summed E-state index contributed by atoms with van der Waals surface area (Å²) in [7, 11) is 0. The van der Waals surface area contributed by atoms with E-state index in [4.69, 9.17) is 0 Å². The number of para-hydroxylation sites is 1. The maximum absolute atomic E-state index is 11.2. The molecule has 2 aromatic heterocycles. The van der Waals surface area contributed by atoms with Crippen molar-refractivity contribution in [1.29, 1.82) is 0 Å². The Labute approximate surface area is 108 Å². The molecule has 1 aromatic carbocycles. The maximum atomic E-state index is 11.2. The van der Waals surface area contributed by atoms with E-state index in [1.165, 1.54) is 0 Å². The highest BCUT2D eigenvalue weighted by molar-refractivity contribution is 6.03. The summed E-state index contributed by atoms with van der Waals surface area (Å²) in [5, 5.41) is 17.5. The average Bonchev–Trinajstić information content (AvgIpc) is 2.96. The predicted octanol–water partition coefficient (Wildman–Crippen LogP) is 2.08. The van der Waals surface area contributed by atoms with Crippen molar-refractivity contribution in [2.45, 2.75) is 13.5 Å². The first kappa shape index (κ1) is 11.5. The zero-order valence-electron chi connectivity index (χ0n) is 10.2. The molecule has 96 valence electrons. The molecule has 6 heteroatoms. The molecule has 0 saturated carbocycles. The molecular formula is C13H11N3O3. The molecule has 0 unspecified atom stereocenters. The summed E-state index contributed by atoms with van der Waals surface area (Å²) in [6.07, 6.45) is 1.61. The lowest BCUT2D eigenvalue weighted by Crippen LogP contribution is -2.00. The van der Waals surface area contributed by atoms with Crippen molar-refractivity contribution in [3.05, 3.63) is 47.4 Å². The summed E-state index contributed by atoms with van der Waals surface area (Å²) in [6.45, 7) is 2.23. The average molecular weight is 257 g/mol. The number of rotatable bonds is 3. The number of carbonyl (C=O) groups is 1. The van der Waals surface area contributed by atoms with Crippen LogP contribution in [0.3, 0.4) is 0 Å². The summed E-state index contributed by atoms with van der Waals surface area (Å²) in [5.74, 6) is -0.940. The van der Waals surface area contributed by atoms with E-state index in [0.717, 1.165) is 5.52 Å². The van der Waals surface area contributed by atoms with Gasteiger partial charge in [-0.2, -0.15) is 0 Å². The van der Waals surface area contributed by atoms with Crippen molar-refractivity contribution in [2.75, 3.05) is 0 Å². The van der Waals surface area contributed by atoms with Gasteiger partial charge in [0.25, 0.3) is 0 Å². The Morgan fingerprint density at radius 3 is 2.84 bits per heavy atom. The van der Waals surface area contributed by atoms with Gasteiger partial charge < -0.3 is 9.67 Å². The molecule has 0 aliphatic carbocycles. The van der Waals surface area contributed by atoms with Crippen LogP contribution in [-0.2, 0) is 6.54 Å². The van der Waals surface area contributed by atoms with Gasteiger partial charge in [0, 0.05) is 17.1 Å². The number of aromatic nitrogens is 3. The highest BCUT2D eigenvalue weighted by Gasteiger charge is 2.15. The van der Waals surface area contributed by atoms with Crippen LogP contribution in [0.2, 0.25) is 0 Å². The molecule has 1 N–H and O–H groups in total. The van der Waals surface area contributed by atoms with Crippen LogP contribution in [0, 0.1) is 6.92 Å². The number of aromatic carboxylic acids is 1. The molecule has 3 rings (SSSR count). The second-order valence-corrected chi connectivity index (χ2v) is 4.29. The van der Waals surface area contributed by atoms with Gasteiger partial charge in [0.15, 0.2) is 0 Å². The molecular weight excluding hydrogens is 246 g/mol. The smallest absolute Gasteiger partial charge is 0.337 e. The minimum atomic E-state index is -0.940. The van der Waals surface area contributed by atoms with Gasteiger partial charge in [0.1, 0.15) is 11.4 Å². The van der Waals surface area contributed by atoms with Gasteiger partial charge in [-0.25, -0.2) is 9.42 Å². The number of fused-ring (bicyclic) bond motifs is 1. The number of hydrogen-bond acceptors (Lipinski definition) is 4. The Hall–Kier alpha value is -2.63. The Morgan fingerprint density at radius 2 is 2.16 bits per heavy atom. The van der Waals surface area contributed by atoms with Crippen molar-refractivity contribution >= 4 is 16.9 Å². The van der Waals surface area contributed by atoms with Crippen molar-refractivity contribution < 1.29 is 14.5 Å². The first-order valence-corrected chi connectivity index (χ1v) is 5.76. The Bertz CT molecular complexity index is 757. The van der Waals surface area contributed by atoms with Gasteiger partial charge in [-0.1, -0.05) is 28.5 Å². The fraction of sp³-hybridized carbons (Fsp3) is 0.154. The molecule has 0 aliphatic heterocycles. The SMILES string of the molecule is Cc1nonc1Cn1cc(C(=O)O)c2ccccc21. The van der Waals surface area contributed by atoms with Gasteiger partial charge in [-0.15, -0.1) is 0 Å². The van der Waals surface area contributed by atoms with Crippen LogP contribution in [0.5, 0.6) is 0 Å². The monoisotopic (exact) mass is 257 g/mol. The Morgan fingerprint density at radius 1 is 1.37 bits per heavy atom. The molecule has 0 amide bonds. The Balaban J connectivity index is 2.14. The number of carboxylic acids is 1. The first-order chi connectivity index (χ1) is 9.16. The fourth-order valence-electron chi connectivity index (χ4n) is 2.10. The summed E-state index contributed by atoms with van der Waals surface area (Å²) >= 11 is 0. The zero-order valence-corrected chi connectivity index (χ0v) is 10.2. The van der Waals surface area contributed by atoms with Crippen molar-refractivity contribution in [1.82, 2.24) is 14.9 Å². The van der Waals surface area contributed by atoms with E-state index in [0.29, 0.717) is 23.3 Å². The quantitative estimate of drug-likeness (QED) is 0.776. The van der Waals surface area contributed by atoms with E-state index in [-0.39, 0.29) is 5.56 Å². The van der Waals surface area contributed by atoms with E-state index in [2.05, 4.69) is 14.9 Å². The summed E-state index contributed by atoms with van der Waals surface area (Å²) in [6, 6.07) is 7.37. The summed E-state index contributed by atoms with van der Waals surface area (Å²) in [4.78, 5) is 11.2. The highest BCUT2D eigenvalue weighted by Crippen LogP contribution is 2.22. The molecule has 0 saturated heterocycles. The van der Waals surface area contributed by atoms with Crippen LogP contribution >= 0.6 is 0 Å². The highest BCUT2D eigenvalue weighted by atomic mass is 16.6. The van der Waals surface area contributed by atoms with Crippen LogP contribution in [0.15, 0.2) is 35.1 Å². The van der Waals surface area contributed by atoms with E-state index in [1.54, 1.807) is 19.2 Å². The molecule has 6 nitrogen and oxygen atoms in total. The maximum Gasteiger partial charge on any atom is 0.337 e. The summed E-state index contributed by atoms with van der Waals surface area (Å²) in [5.41, 5.74) is 2.53. The zero-order chi connectivity index (χ0) is 13.4. The molecule has 19 heavy (non-hydrogen) atoms. The van der Waals surface area contributed by atoms with Gasteiger partial charge in [0.2, 0.25) is 0 Å². The third-order valence-electron chi connectivity index (χ3n) is 3.09. The Kier molecular flexibility index (Phi) is 2.56. The normalized spacial score (nSPS) is 11.0. The van der Waals surface area contributed by atoms with Crippen LogP contribution < -0.4 is 0 Å². The van der Waals surface area contributed by atoms with E-state index < -0.39 is 5.97 Å². The first-order valence-electron chi connectivity index (χ1n) is 5.76. The van der Waals surface area contributed by atoms with Crippen molar-refractivity contribution in [2.24, 2.45) is 0 Å². The standard InChI is InChI=1S/C13H11N3O3/c1-8-11(15-19-14-8)7-16-6-10(13(17)18)9-4-2-3-5-12(9)16/h2-6H,7H2,1H3,(H,17,18). The van der Waals surface area contributed by atoms with Crippen molar-refractivity contribution in [3.8, 4) is 0 Å². The lowest BCUT2D eigenvalue weighted by molar-refractivity contribution is 0.0699. The molecule has 0 aliphatic rings. The van der Waals surface area contributed by atoms with E-state index in [1.807, 2.05) is 22.8 Å². The number of aryl methyl sites for hydroxylation is 1. The van der Waals surface area contributed by atoms with Gasteiger partial charge in [-0.05, 0) is 13.0 Å². The number of benzene rings is 1. The lowest BCUT2D eigenvalue weighted by Gasteiger charge is -2.01. The van der Waals surface area contributed by atoms with Crippen molar-refractivity contribution in [3.63, 3.8) is 0 Å². The molecule has 0 atom stereocenters. The molecule has 0 radical (unpaired) electrons. The summed E-state index contributed by atoms with van der Waals surface area (Å²) < 4.78 is 6.49. The van der Waals surface area contributed by atoms with E-state index in [9.17, 15) is 9.90 Å². The lowest BCUT2D eigenvalue weighted by atomic mass is 10.2. The topological polar surface area (TPSA) is 81.2 Å². The molecule has 2 heterocycles. The number of carboxylic acid groups (broad SMARTS) is 1. The second-order valence-electron chi connectivity index (χ2n) is 4.29. The third kappa shape index (κ3) is 1.87. The van der Waals surface area contributed by atoms with Gasteiger partial charge >= 0.3 is 5.97 Å². The van der Waals surface area contributed by atoms with E-state index >= 15 is 0 Å². The molecule has 0 bridgehead atoms. The van der Waals surface area contributed by atoms with Crippen LogP contribution in [0.1, 0.15) is 21.7 Å². The minimum absolute atomic E-state index is 0.282. The van der Waals surface area contributed by atoms with Crippen LogP contribution in [0.25, 0.3) is 10.9 Å². The largest absolute Gasteiger partial charge is 0.478 e. The van der Waals surface area contributed by atoms with Gasteiger partial charge in [0.05, 0.1) is 12.1 Å².